The number of hydrogen-bond acceptors (Lipinski definition) is 2. The topological polar surface area (TPSA) is 38.1 Å². The third kappa shape index (κ3) is 1.74. The van der Waals surface area contributed by atoms with Gasteiger partial charge >= 0.3 is 0 Å². The van der Waals surface area contributed by atoms with Crippen LogP contribution in [0.25, 0.3) is 10.8 Å². The molecule has 1 amide bonds. The first-order valence-electron chi connectivity index (χ1n) is 6.67. The molecule has 2 aromatic carbocycles. The average molecular weight is 342 g/mol. The van der Waals surface area contributed by atoms with E-state index in [0.29, 0.717) is 6.54 Å². The van der Waals surface area contributed by atoms with Crippen LogP contribution in [0.4, 0.5) is 5.82 Å². The van der Waals surface area contributed by atoms with Crippen LogP contribution in [0, 0.1) is 0 Å². The van der Waals surface area contributed by atoms with Crippen molar-refractivity contribution in [2.75, 3.05) is 4.90 Å². The third-order valence-corrected chi connectivity index (χ3v) is 4.51. The van der Waals surface area contributed by atoms with Crippen molar-refractivity contribution in [3.63, 3.8) is 0 Å². The molecule has 4 nitrogen and oxygen atoms in total. The number of anilines is 1. The van der Waals surface area contributed by atoms with E-state index in [1.807, 2.05) is 31.3 Å². The van der Waals surface area contributed by atoms with Crippen LogP contribution in [-0.2, 0) is 13.6 Å². The summed E-state index contributed by atoms with van der Waals surface area (Å²) in [6.07, 6.45) is 1.71. The van der Waals surface area contributed by atoms with E-state index in [-0.39, 0.29) is 5.91 Å². The standard InChI is InChI=1S/C16H12BrN3O/c1-19-15(14(17)8-18-19)20-9-13-11-5-3-2-4-10(11)6-7-12(13)16(20)21/h2-8H,9H2,1H3. The van der Waals surface area contributed by atoms with Crippen LogP contribution in [0.1, 0.15) is 15.9 Å². The molecule has 0 spiro atoms. The van der Waals surface area contributed by atoms with Gasteiger partial charge in [-0.1, -0.05) is 30.3 Å². The molecule has 21 heavy (non-hydrogen) atoms. The molecule has 0 fully saturated rings. The van der Waals surface area contributed by atoms with Crippen LogP contribution in [-0.4, -0.2) is 15.7 Å². The first-order valence-corrected chi connectivity index (χ1v) is 7.46. The normalized spacial score (nSPS) is 14.0. The Morgan fingerprint density at radius 2 is 2.00 bits per heavy atom. The third-order valence-electron chi connectivity index (χ3n) is 3.95. The largest absolute Gasteiger partial charge is 0.287 e. The van der Waals surface area contributed by atoms with Gasteiger partial charge in [0.05, 0.1) is 17.2 Å². The number of rotatable bonds is 1. The van der Waals surface area contributed by atoms with Crippen LogP contribution in [0.15, 0.2) is 47.1 Å². The molecule has 0 saturated heterocycles. The second-order valence-corrected chi connectivity index (χ2v) is 6.00. The second-order valence-electron chi connectivity index (χ2n) is 5.14. The lowest BCUT2D eigenvalue weighted by Gasteiger charge is -2.16. The summed E-state index contributed by atoms with van der Waals surface area (Å²) >= 11 is 3.47. The van der Waals surface area contributed by atoms with Gasteiger partial charge in [-0.15, -0.1) is 0 Å². The van der Waals surface area contributed by atoms with Crippen LogP contribution in [0.2, 0.25) is 0 Å². The molecular weight excluding hydrogens is 330 g/mol. The van der Waals surface area contributed by atoms with E-state index >= 15 is 0 Å². The highest BCUT2D eigenvalue weighted by Gasteiger charge is 2.32. The fourth-order valence-corrected chi connectivity index (χ4v) is 3.52. The molecule has 0 aliphatic carbocycles. The van der Waals surface area contributed by atoms with Crippen molar-refractivity contribution in [2.45, 2.75) is 6.54 Å². The number of fused-ring (bicyclic) bond motifs is 3. The van der Waals surface area contributed by atoms with Gasteiger partial charge in [-0.25, -0.2) is 0 Å². The summed E-state index contributed by atoms with van der Waals surface area (Å²) in [5.41, 5.74) is 1.87. The number of aromatic nitrogens is 2. The predicted octanol–water partition coefficient (Wildman–Crippen LogP) is 3.50. The molecule has 0 radical (unpaired) electrons. The maximum Gasteiger partial charge on any atom is 0.260 e. The molecule has 0 atom stereocenters. The molecule has 0 unspecified atom stereocenters. The van der Waals surface area contributed by atoms with Gasteiger partial charge in [0, 0.05) is 12.6 Å². The van der Waals surface area contributed by atoms with E-state index in [2.05, 4.69) is 33.2 Å². The van der Waals surface area contributed by atoms with Gasteiger partial charge in [0.2, 0.25) is 0 Å². The lowest BCUT2D eigenvalue weighted by Crippen LogP contribution is -2.25. The minimum absolute atomic E-state index is 0.0278. The molecule has 4 rings (SSSR count). The Morgan fingerprint density at radius 3 is 2.76 bits per heavy atom. The summed E-state index contributed by atoms with van der Waals surface area (Å²) in [4.78, 5) is 14.5. The number of amides is 1. The second kappa shape index (κ2) is 4.43. The van der Waals surface area contributed by atoms with Gasteiger partial charge in [-0.05, 0) is 38.3 Å². The Balaban J connectivity index is 1.90. The minimum atomic E-state index is 0.0278. The number of hydrogen-bond donors (Lipinski definition) is 0. The van der Waals surface area contributed by atoms with E-state index in [4.69, 9.17) is 0 Å². The Labute approximate surface area is 130 Å². The van der Waals surface area contributed by atoms with Gasteiger partial charge in [-0.3, -0.25) is 14.4 Å². The highest BCUT2D eigenvalue weighted by atomic mass is 79.9. The van der Waals surface area contributed by atoms with Crippen molar-refractivity contribution in [3.8, 4) is 0 Å². The smallest absolute Gasteiger partial charge is 0.260 e. The number of nitrogens with zero attached hydrogens (tertiary/aromatic N) is 3. The monoisotopic (exact) mass is 341 g/mol. The van der Waals surface area contributed by atoms with Crippen molar-refractivity contribution in [2.24, 2.45) is 7.05 Å². The van der Waals surface area contributed by atoms with Crippen molar-refractivity contribution >= 4 is 38.4 Å². The zero-order valence-corrected chi connectivity index (χ0v) is 13.0. The molecule has 2 heterocycles. The SMILES string of the molecule is Cn1ncc(Br)c1N1Cc2c(ccc3ccccc23)C1=O. The van der Waals surface area contributed by atoms with E-state index in [1.54, 1.807) is 15.8 Å². The lowest BCUT2D eigenvalue weighted by molar-refractivity contribution is 0.0995. The molecule has 1 aliphatic rings. The number of carbonyl (C=O) groups is 1. The van der Waals surface area contributed by atoms with Gasteiger partial charge < -0.3 is 0 Å². The molecule has 0 bridgehead atoms. The summed E-state index contributed by atoms with van der Waals surface area (Å²) < 4.78 is 2.55. The maximum atomic E-state index is 12.7. The Morgan fingerprint density at radius 1 is 1.19 bits per heavy atom. The summed E-state index contributed by atoms with van der Waals surface area (Å²) in [5, 5.41) is 6.50. The maximum absolute atomic E-state index is 12.7. The molecule has 0 N–H and O–H groups in total. The average Bonchev–Trinajstić information content (AvgIpc) is 2.99. The highest BCUT2D eigenvalue weighted by molar-refractivity contribution is 9.10. The van der Waals surface area contributed by atoms with E-state index < -0.39 is 0 Å². The molecule has 5 heteroatoms. The summed E-state index contributed by atoms with van der Waals surface area (Å²) in [5.74, 6) is 0.820. The molecule has 1 aromatic heterocycles. The Hall–Kier alpha value is -2.14. The van der Waals surface area contributed by atoms with Crippen LogP contribution >= 0.6 is 15.9 Å². The zero-order valence-electron chi connectivity index (χ0n) is 11.4. The van der Waals surface area contributed by atoms with E-state index in [0.717, 1.165) is 32.2 Å². The zero-order chi connectivity index (χ0) is 14.6. The summed E-state index contributed by atoms with van der Waals surface area (Å²) in [6, 6.07) is 12.1. The van der Waals surface area contributed by atoms with Crippen molar-refractivity contribution in [3.05, 3.63) is 58.2 Å². The predicted molar refractivity (Wildman–Crippen MR) is 85.4 cm³/mol. The first-order chi connectivity index (χ1) is 10.2. The number of carbonyl (C=O) groups excluding carboxylic acids is 1. The van der Waals surface area contributed by atoms with Gasteiger partial charge in [0.1, 0.15) is 5.82 Å². The molecule has 0 saturated carbocycles. The minimum Gasteiger partial charge on any atom is -0.287 e. The summed E-state index contributed by atoms with van der Waals surface area (Å²) in [7, 11) is 1.84. The summed E-state index contributed by atoms with van der Waals surface area (Å²) in [6.45, 7) is 0.577. The molecule has 3 aromatic rings. The Bertz CT molecular complexity index is 865. The van der Waals surface area contributed by atoms with Crippen LogP contribution in [0.3, 0.4) is 0 Å². The fourth-order valence-electron chi connectivity index (χ4n) is 2.96. The highest BCUT2D eigenvalue weighted by Crippen LogP contribution is 2.35. The van der Waals surface area contributed by atoms with Gasteiger partial charge in [-0.2, -0.15) is 5.10 Å². The first kappa shape index (κ1) is 12.6. The number of benzene rings is 2. The van der Waals surface area contributed by atoms with Crippen LogP contribution < -0.4 is 4.90 Å². The Kier molecular flexibility index (Phi) is 2.65. The van der Waals surface area contributed by atoms with Crippen LogP contribution in [0.5, 0.6) is 0 Å². The van der Waals surface area contributed by atoms with Crippen molar-refractivity contribution in [1.29, 1.82) is 0 Å². The van der Waals surface area contributed by atoms with Gasteiger partial charge in [0.15, 0.2) is 0 Å². The lowest BCUT2D eigenvalue weighted by atomic mass is 10.0. The van der Waals surface area contributed by atoms with Crippen molar-refractivity contribution < 1.29 is 4.79 Å². The van der Waals surface area contributed by atoms with E-state index in [9.17, 15) is 4.79 Å². The van der Waals surface area contributed by atoms with Crippen molar-refractivity contribution in [1.82, 2.24) is 9.78 Å². The molecular formula is C16H12BrN3O. The quantitative estimate of drug-likeness (QED) is 0.679. The number of halogens is 1. The fraction of sp³-hybridized carbons (Fsp3) is 0.125. The molecule has 104 valence electrons. The number of aryl methyl sites for hydroxylation is 1. The molecule has 1 aliphatic heterocycles. The van der Waals surface area contributed by atoms with Gasteiger partial charge in [0.25, 0.3) is 5.91 Å². The van der Waals surface area contributed by atoms with E-state index in [1.165, 1.54) is 0 Å².